The van der Waals surface area contributed by atoms with Crippen molar-refractivity contribution in [2.24, 2.45) is 0 Å². The summed E-state index contributed by atoms with van der Waals surface area (Å²) in [6.45, 7) is 3.14. The van der Waals surface area contributed by atoms with E-state index in [2.05, 4.69) is 0 Å². The van der Waals surface area contributed by atoms with E-state index < -0.39 is 0 Å². The molecule has 0 atom stereocenters. The minimum Gasteiger partial charge on any atom is -0.353 e. The van der Waals surface area contributed by atoms with E-state index >= 15 is 0 Å². The molecule has 82 valence electrons. The van der Waals surface area contributed by atoms with Gasteiger partial charge >= 0.3 is 0 Å². The summed E-state index contributed by atoms with van der Waals surface area (Å²) in [4.78, 5) is 0. The summed E-state index contributed by atoms with van der Waals surface area (Å²) in [6.07, 6.45) is 3.97. The fourth-order valence-electron chi connectivity index (χ4n) is 1.73. The van der Waals surface area contributed by atoms with Crippen LogP contribution in [0.5, 0.6) is 0 Å². The van der Waals surface area contributed by atoms with Gasteiger partial charge in [-0.05, 0) is 25.7 Å². The molecule has 0 spiro atoms. The first kappa shape index (κ1) is 10.4. The summed E-state index contributed by atoms with van der Waals surface area (Å²) in [5.41, 5.74) is 0. The lowest BCUT2D eigenvalue weighted by molar-refractivity contribution is -0.183. The second kappa shape index (κ2) is 5.66. The molecular weight excluding hydrogens is 184 g/mol. The van der Waals surface area contributed by atoms with Gasteiger partial charge in [-0.3, -0.25) is 0 Å². The highest BCUT2D eigenvalue weighted by Crippen LogP contribution is 2.16. The molecule has 0 aliphatic carbocycles. The molecule has 2 heterocycles. The summed E-state index contributed by atoms with van der Waals surface area (Å²) >= 11 is 0. The molecule has 0 aromatic rings. The van der Waals surface area contributed by atoms with Gasteiger partial charge in [0.15, 0.2) is 12.6 Å². The van der Waals surface area contributed by atoms with Crippen LogP contribution in [0.2, 0.25) is 0 Å². The average Bonchev–Trinajstić information content (AvgIpc) is 2.72. The second-order valence-electron chi connectivity index (χ2n) is 3.63. The topological polar surface area (TPSA) is 36.9 Å². The van der Waals surface area contributed by atoms with Crippen molar-refractivity contribution in [1.82, 2.24) is 0 Å². The van der Waals surface area contributed by atoms with Crippen LogP contribution in [0.25, 0.3) is 0 Å². The fourth-order valence-corrected chi connectivity index (χ4v) is 1.73. The van der Waals surface area contributed by atoms with Gasteiger partial charge in [0.05, 0.1) is 26.4 Å². The van der Waals surface area contributed by atoms with Crippen LogP contribution in [0.1, 0.15) is 25.7 Å². The highest BCUT2D eigenvalue weighted by atomic mass is 16.7. The monoisotopic (exact) mass is 202 g/mol. The Hall–Kier alpha value is -0.160. The zero-order valence-electron chi connectivity index (χ0n) is 8.44. The SMILES string of the molecule is C1COC(CCCC2OCCO2)OC1. The first-order chi connectivity index (χ1) is 6.95. The molecule has 0 aromatic heterocycles. The van der Waals surface area contributed by atoms with Crippen LogP contribution in [0.15, 0.2) is 0 Å². The minimum absolute atomic E-state index is 0.00477. The predicted molar refractivity (Wildman–Crippen MR) is 49.9 cm³/mol. The third-order valence-electron chi connectivity index (χ3n) is 2.47. The molecule has 0 radical (unpaired) electrons. The molecule has 2 aliphatic heterocycles. The van der Waals surface area contributed by atoms with Crippen molar-refractivity contribution in [2.75, 3.05) is 26.4 Å². The molecule has 4 heteroatoms. The Kier molecular flexibility index (Phi) is 4.19. The molecule has 0 amide bonds. The highest BCUT2D eigenvalue weighted by Gasteiger charge is 2.18. The van der Waals surface area contributed by atoms with Crippen LogP contribution >= 0.6 is 0 Å². The second-order valence-corrected chi connectivity index (χ2v) is 3.63. The van der Waals surface area contributed by atoms with Crippen molar-refractivity contribution in [3.05, 3.63) is 0 Å². The van der Waals surface area contributed by atoms with Gasteiger partial charge in [-0.25, -0.2) is 0 Å². The number of ether oxygens (including phenoxy) is 4. The van der Waals surface area contributed by atoms with E-state index in [9.17, 15) is 0 Å². The summed E-state index contributed by atoms with van der Waals surface area (Å²) in [5, 5.41) is 0. The van der Waals surface area contributed by atoms with Gasteiger partial charge in [0.1, 0.15) is 0 Å². The molecule has 0 N–H and O–H groups in total. The molecule has 0 bridgehead atoms. The van der Waals surface area contributed by atoms with Gasteiger partial charge in [-0.15, -0.1) is 0 Å². The first-order valence-corrected chi connectivity index (χ1v) is 5.41. The number of hydrogen-bond donors (Lipinski definition) is 0. The molecule has 2 fully saturated rings. The van der Waals surface area contributed by atoms with E-state index in [0.717, 1.165) is 52.1 Å². The van der Waals surface area contributed by atoms with Crippen LogP contribution in [-0.4, -0.2) is 39.0 Å². The van der Waals surface area contributed by atoms with E-state index in [4.69, 9.17) is 18.9 Å². The van der Waals surface area contributed by atoms with Gasteiger partial charge in [0, 0.05) is 0 Å². The van der Waals surface area contributed by atoms with Crippen LogP contribution in [0, 0.1) is 0 Å². The Bertz CT molecular complexity index is 150. The normalized spacial score (nSPS) is 25.7. The molecule has 2 rings (SSSR count). The minimum atomic E-state index is 0.00477. The highest BCUT2D eigenvalue weighted by molar-refractivity contribution is 4.56. The first-order valence-electron chi connectivity index (χ1n) is 5.41. The fraction of sp³-hybridized carbons (Fsp3) is 1.00. The van der Waals surface area contributed by atoms with E-state index in [0.29, 0.717) is 0 Å². The lowest BCUT2D eigenvalue weighted by atomic mass is 10.2. The standard InChI is InChI=1S/C10H18O4/c1(4-10-13-7-8-14-10)3-9-11-5-2-6-12-9/h9-10H,1-8H2. The van der Waals surface area contributed by atoms with Crippen molar-refractivity contribution in [3.8, 4) is 0 Å². The van der Waals surface area contributed by atoms with Gasteiger partial charge in [-0.1, -0.05) is 0 Å². The van der Waals surface area contributed by atoms with Crippen LogP contribution in [-0.2, 0) is 18.9 Å². The summed E-state index contributed by atoms with van der Waals surface area (Å²) in [5.74, 6) is 0. The summed E-state index contributed by atoms with van der Waals surface area (Å²) in [6, 6.07) is 0. The maximum atomic E-state index is 5.44. The lowest BCUT2D eigenvalue weighted by Crippen LogP contribution is -2.25. The van der Waals surface area contributed by atoms with E-state index in [1.165, 1.54) is 0 Å². The van der Waals surface area contributed by atoms with Crippen molar-refractivity contribution >= 4 is 0 Å². The van der Waals surface area contributed by atoms with E-state index in [1.54, 1.807) is 0 Å². The number of rotatable bonds is 4. The molecular formula is C10H18O4. The Morgan fingerprint density at radius 3 is 1.79 bits per heavy atom. The van der Waals surface area contributed by atoms with Crippen LogP contribution in [0.3, 0.4) is 0 Å². The third kappa shape index (κ3) is 3.20. The van der Waals surface area contributed by atoms with Crippen molar-refractivity contribution < 1.29 is 18.9 Å². The quantitative estimate of drug-likeness (QED) is 0.688. The molecule has 2 saturated heterocycles. The van der Waals surface area contributed by atoms with E-state index in [1.807, 2.05) is 0 Å². The van der Waals surface area contributed by atoms with E-state index in [-0.39, 0.29) is 12.6 Å². The predicted octanol–water partition coefficient (Wildman–Crippen LogP) is 1.29. The van der Waals surface area contributed by atoms with Gasteiger partial charge < -0.3 is 18.9 Å². The Balaban J connectivity index is 1.52. The van der Waals surface area contributed by atoms with Crippen LogP contribution < -0.4 is 0 Å². The van der Waals surface area contributed by atoms with Crippen molar-refractivity contribution in [2.45, 2.75) is 38.3 Å². The molecule has 0 aromatic carbocycles. The summed E-state index contributed by atoms with van der Waals surface area (Å²) < 4.78 is 21.6. The molecule has 2 aliphatic rings. The third-order valence-corrected chi connectivity index (χ3v) is 2.47. The van der Waals surface area contributed by atoms with Crippen molar-refractivity contribution in [3.63, 3.8) is 0 Å². The van der Waals surface area contributed by atoms with Gasteiger partial charge in [0.25, 0.3) is 0 Å². The van der Waals surface area contributed by atoms with Crippen LogP contribution in [0.4, 0.5) is 0 Å². The molecule has 0 saturated carbocycles. The zero-order valence-corrected chi connectivity index (χ0v) is 8.44. The zero-order chi connectivity index (χ0) is 9.64. The summed E-state index contributed by atoms with van der Waals surface area (Å²) in [7, 11) is 0. The lowest BCUT2D eigenvalue weighted by Gasteiger charge is -2.23. The molecule has 4 nitrogen and oxygen atoms in total. The Morgan fingerprint density at radius 2 is 1.21 bits per heavy atom. The van der Waals surface area contributed by atoms with Gasteiger partial charge in [-0.2, -0.15) is 0 Å². The van der Waals surface area contributed by atoms with Crippen molar-refractivity contribution in [1.29, 1.82) is 0 Å². The largest absolute Gasteiger partial charge is 0.353 e. The van der Waals surface area contributed by atoms with Gasteiger partial charge in [0.2, 0.25) is 0 Å². The smallest absolute Gasteiger partial charge is 0.157 e. The average molecular weight is 202 g/mol. The Labute approximate surface area is 84.5 Å². The molecule has 14 heavy (non-hydrogen) atoms. The maximum Gasteiger partial charge on any atom is 0.157 e. The maximum absolute atomic E-state index is 5.44. The Morgan fingerprint density at radius 1 is 0.714 bits per heavy atom. The number of hydrogen-bond acceptors (Lipinski definition) is 4. The molecule has 0 unspecified atom stereocenters.